The van der Waals surface area contributed by atoms with Crippen molar-refractivity contribution in [1.82, 2.24) is 0 Å². The number of hydrogen-bond donors (Lipinski definition) is 0. The lowest BCUT2D eigenvalue weighted by Crippen LogP contribution is -2.24. The molecule has 5 heteroatoms. The van der Waals surface area contributed by atoms with Crippen molar-refractivity contribution >= 4 is 14.7 Å². The molecule has 0 bridgehead atoms. The standard InChI is InChI=1S/C27H37F3OSi/c1-3-5-7-20-8-10-21(11-9-20)22-12-17-25(26(28)19-22)27(29,30)31-23-13-15-24(16-14-23)32-18-6-4-2/h12-17,19-21H,3-11,18,32H2,1-2H3. The highest BCUT2D eigenvalue weighted by Crippen LogP contribution is 2.39. The minimum absolute atomic E-state index is 0.0668. The highest BCUT2D eigenvalue weighted by molar-refractivity contribution is 6.53. The van der Waals surface area contributed by atoms with Gasteiger partial charge in [-0.05, 0) is 67.3 Å². The second-order valence-corrected chi connectivity index (χ2v) is 11.3. The van der Waals surface area contributed by atoms with E-state index in [0.29, 0.717) is 0 Å². The average molecular weight is 463 g/mol. The van der Waals surface area contributed by atoms with Gasteiger partial charge in [0.05, 0.1) is 15.1 Å². The lowest BCUT2D eigenvalue weighted by molar-refractivity contribution is -0.187. The summed E-state index contributed by atoms with van der Waals surface area (Å²) in [4.78, 5) is 0. The van der Waals surface area contributed by atoms with E-state index in [9.17, 15) is 13.2 Å². The molecular formula is C27H37F3OSi. The molecule has 0 aliphatic heterocycles. The van der Waals surface area contributed by atoms with Crippen LogP contribution < -0.4 is 9.92 Å². The van der Waals surface area contributed by atoms with Gasteiger partial charge in [-0.1, -0.05) is 75.4 Å². The van der Waals surface area contributed by atoms with Gasteiger partial charge < -0.3 is 4.74 Å². The first kappa shape index (κ1) is 24.9. The van der Waals surface area contributed by atoms with Crippen LogP contribution in [0.25, 0.3) is 0 Å². The van der Waals surface area contributed by atoms with Crippen LogP contribution in [0.5, 0.6) is 5.75 Å². The minimum Gasteiger partial charge on any atom is -0.429 e. The summed E-state index contributed by atoms with van der Waals surface area (Å²) in [5.74, 6) is 0.199. The normalized spacial score (nSPS) is 19.5. The molecule has 0 radical (unpaired) electrons. The van der Waals surface area contributed by atoms with E-state index in [2.05, 4.69) is 13.8 Å². The Balaban J connectivity index is 1.61. The van der Waals surface area contributed by atoms with Crippen molar-refractivity contribution in [1.29, 1.82) is 0 Å². The van der Waals surface area contributed by atoms with Crippen LogP contribution in [0, 0.1) is 11.7 Å². The zero-order chi connectivity index (χ0) is 23.0. The number of rotatable bonds is 11. The molecule has 0 atom stereocenters. The third kappa shape index (κ3) is 6.87. The van der Waals surface area contributed by atoms with Crippen LogP contribution in [-0.4, -0.2) is 9.52 Å². The van der Waals surface area contributed by atoms with E-state index in [-0.39, 0.29) is 21.2 Å². The van der Waals surface area contributed by atoms with Crippen LogP contribution in [0.3, 0.4) is 0 Å². The molecule has 0 spiro atoms. The van der Waals surface area contributed by atoms with Gasteiger partial charge in [0.15, 0.2) is 0 Å². The number of ether oxygens (including phenoxy) is 1. The molecule has 2 aromatic rings. The molecule has 1 fully saturated rings. The summed E-state index contributed by atoms with van der Waals surface area (Å²) in [5, 5.41) is 1.23. The second kappa shape index (κ2) is 11.9. The summed E-state index contributed by atoms with van der Waals surface area (Å²) in [6.45, 7) is 4.37. The monoisotopic (exact) mass is 462 g/mol. The van der Waals surface area contributed by atoms with Crippen LogP contribution in [0.15, 0.2) is 42.5 Å². The maximum Gasteiger partial charge on any atom is 0.429 e. The molecule has 0 unspecified atom stereocenters. The highest BCUT2D eigenvalue weighted by atomic mass is 28.2. The Morgan fingerprint density at radius 3 is 2.25 bits per heavy atom. The van der Waals surface area contributed by atoms with Crippen molar-refractivity contribution < 1.29 is 17.9 Å². The number of unbranched alkanes of at least 4 members (excludes halogenated alkanes) is 2. The molecule has 2 aromatic carbocycles. The lowest BCUT2D eigenvalue weighted by atomic mass is 9.77. The summed E-state index contributed by atoms with van der Waals surface area (Å²) in [5.41, 5.74) is 0.136. The molecule has 1 aliphatic carbocycles. The van der Waals surface area contributed by atoms with Crippen molar-refractivity contribution in [2.45, 2.75) is 89.7 Å². The number of alkyl halides is 2. The van der Waals surface area contributed by atoms with Gasteiger partial charge in [-0.15, -0.1) is 0 Å². The van der Waals surface area contributed by atoms with Gasteiger partial charge >= 0.3 is 6.11 Å². The Hall–Kier alpha value is -1.75. The summed E-state index contributed by atoms with van der Waals surface area (Å²) in [7, 11) is -0.363. The van der Waals surface area contributed by atoms with Crippen molar-refractivity contribution in [2.75, 3.05) is 0 Å². The third-order valence-electron chi connectivity index (χ3n) is 6.83. The van der Waals surface area contributed by atoms with Crippen LogP contribution >= 0.6 is 0 Å². The van der Waals surface area contributed by atoms with E-state index < -0.39 is 17.5 Å². The molecule has 3 rings (SSSR count). The summed E-state index contributed by atoms with van der Waals surface area (Å²) < 4.78 is 49.1. The lowest BCUT2D eigenvalue weighted by Gasteiger charge is -2.29. The Morgan fingerprint density at radius 2 is 1.62 bits per heavy atom. The number of benzene rings is 2. The van der Waals surface area contributed by atoms with Crippen molar-refractivity contribution in [3.05, 3.63) is 59.4 Å². The molecule has 0 heterocycles. The van der Waals surface area contributed by atoms with Crippen molar-refractivity contribution in [2.24, 2.45) is 5.92 Å². The van der Waals surface area contributed by atoms with E-state index in [4.69, 9.17) is 4.74 Å². The zero-order valence-electron chi connectivity index (χ0n) is 19.5. The van der Waals surface area contributed by atoms with Gasteiger partial charge in [0.25, 0.3) is 0 Å². The molecule has 176 valence electrons. The first-order chi connectivity index (χ1) is 15.4. The maximum atomic E-state index is 14.7. The number of halogens is 3. The predicted octanol–water partition coefficient (Wildman–Crippen LogP) is 7.43. The molecule has 0 amide bonds. The molecular weight excluding hydrogens is 425 g/mol. The fourth-order valence-electron chi connectivity index (χ4n) is 4.80. The Morgan fingerprint density at radius 1 is 0.938 bits per heavy atom. The van der Waals surface area contributed by atoms with Crippen LogP contribution in [0.2, 0.25) is 6.04 Å². The maximum absolute atomic E-state index is 14.7. The Bertz CT molecular complexity index is 829. The topological polar surface area (TPSA) is 9.23 Å². The van der Waals surface area contributed by atoms with Gasteiger partial charge in [-0.25, -0.2) is 4.39 Å². The molecule has 1 saturated carbocycles. The van der Waals surface area contributed by atoms with E-state index in [1.165, 1.54) is 55.5 Å². The summed E-state index contributed by atoms with van der Waals surface area (Å²) in [6.07, 6.45) is 6.72. The van der Waals surface area contributed by atoms with Crippen molar-refractivity contribution in [3.63, 3.8) is 0 Å². The van der Waals surface area contributed by atoms with E-state index >= 15 is 0 Å². The molecule has 1 aliphatic rings. The van der Waals surface area contributed by atoms with Crippen molar-refractivity contribution in [3.8, 4) is 5.75 Å². The van der Waals surface area contributed by atoms with Gasteiger partial charge in [0.1, 0.15) is 11.6 Å². The SMILES string of the molecule is CCCC[SiH2]c1ccc(OC(F)(F)c2ccc(C3CCC(CCCC)CC3)cc2F)cc1. The molecule has 0 aromatic heterocycles. The number of hydrogen-bond acceptors (Lipinski definition) is 1. The van der Waals surface area contributed by atoms with Gasteiger partial charge in [-0.3, -0.25) is 0 Å². The second-order valence-electron chi connectivity index (χ2n) is 9.32. The Labute approximate surface area is 193 Å². The van der Waals surface area contributed by atoms with E-state index in [1.807, 2.05) is 12.1 Å². The first-order valence-electron chi connectivity index (χ1n) is 12.4. The van der Waals surface area contributed by atoms with Crippen LogP contribution in [0.4, 0.5) is 13.2 Å². The van der Waals surface area contributed by atoms with Crippen LogP contribution in [0.1, 0.15) is 88.7 Å². The fourth-order valence-corrected chi connectivity index (χ4v) is 6.53. The molecule has 32 heavy (non-hydrogen) atoms. The average Bonchev–Trinajstić information content (AvgIpc) is 2.79. The summed E-state index contributed by atoms with van der Waals surface area (Å²) >= 11 is 0. The smallest absolute Gasteiger partial charge is 0.429 e. The largest absolute Gasteiger partial charge is 0.429 e. The van der Waals surface area contributed by atoms with Gasteiger partial charge in [0, 0.05) is 0 Å². The minimum atomic E-state index is -3.71. The third-order valence-corrected chi connectivity index (χ3v) is 8.73. The molecule has 0 saturated heterocycles. The van der Waals surface area contributed by atoms with E-state index in [0.717, 1.165) is 37.2 Å². The van der Waals surface area contributed by atoms with Crippen LogP contribution in [-0.2, 0) is 6.11 Å². The van der Waals surface area contributed by atoms with Gasteiger partial charge in [0.2, 0.25) is 0 Å². The fraction of sp³-hybridized carbons (Fsp3) is 0.556. The zero-order valence-corrected chi connectivity index (χ0v) is 20.9. The predicted molar refractivity (Wildman–Crippen MR) is 129 cm³/mol. The Kier molecular flexibility index (Phi) is 9.27. The summed E-state index contributed by atoms with van der Waals surface area (Å²) in [6, 6.07) is 12.3. The van der Waals surface area contributed by atoms with Gasteiger partial charge in [-0.2, -0.15) is 8.78 Å². The molecule has 0 N–H and O–H groups in total. The molecule has 1 nitrogen and oxygen atoms in total. The quantitative estimate of drug-likeness (QED) is 0.249. The van der Waals surface area contributed by atoms with E-state index in [1.54, 1.807) is 18.2 Å². The first-order valence-corrected chi connectivity index (χ1v) is 14.1. The highest BCUT2D eigenvalue weighted by Gasteiger charge is 2.38.